The fraction of sp³-hybridized carbons (Fsp3) is 0.179. The summed E-state index contributed by atoms with van der Waals surface area (Å²) in [5.41, 5.74) is 2.32. The van der Waals surface area contributed by atoms with Crippen LogP contribution in [0.5, 0.6) is 5.75 Å². The molecule has 2 amide bonds. The summed E-state index contributed by atoms with van der Waals surface area (Å²) < 4.78 is 19.2. The molecule has 174 valence electrons. The molecule has 2 fully saturated rings. The van der Waals surface area contributed by atoms with Gasteiger partial charge in [-0.15, -0.1) is 0 Å². The largest absolute Gasteiger partial charge is 0.497 e. The first-order valence-electron chi connectivity index (χ1n) is 11.4. The van der Waals surface area contributed by atoms with Crippen LogP contribution in [0, 0.1) is 17.7 Å². The van der Waals surface area contributed by atoms with E-state index in [9.17, 15) is 18.8 Å². The summed E-state index contributed by atoms with van der Waals surface area (Å²) >= 11 is 0. The van der Waals surface area contributed by atoms with Crippen molar-refractivity contribution in [3.05, 3.63) is 95.8 Å². The monoisotopic (exact) mass is 468 g/mol. The number of hydrogen-bond donors (Lipinski definition) is 0. The Hall–Kier alpha value is -4.26. The van der Waals surface area contributed by atoms with Crippen molar-refractivity contribution in [2.45, 2.75) is 12.1 Å². The van der Waals surface area contributed by atoms with Gasteiger partial charge in [-0.1, -0.05) is 36.4 Å². The Kier molecular flexibility index (Phi) is 4.81. The van der Waals surface area contributed by atoms with Crippen molar-refractivity contribution in [2.24, 2.45) is 11.8 Å². The topological polar surface area (TPSA) is 66.9 Å². The van der Waals surface area contributed by atoms with E-state index in [0.717, 1.165) is 16.2 Å². The lowest BCUT2D eigenvalue weighted by Crippen LogP contribution is -2.48. The second-order valence-electron chi connectivity index (χ2n) is 8.90. The molecule has 3 heterocycles. The van der Waals surface area contributed by atoms with Crippen LogP contribution in [0.25, 0.3) is 6.08 Å². The molecule has 3 aliphatic heterocycles. The normalized spacial score (nSPS) is 24.3. The van der Waals surface area contributed by atoms with Crippen molar-refractivity contribution < 1.29 is 23.5 Å². The Balaban J connectivity index is 1.48. The number of fused-ring (bicyclic) bond motifs is 5. The third-order valence-electron chi connectivity index (χ3n) is 7.12. The molecule has 6 rings (SSSR count). The number of ether oxygens (including phenoxy) is 1. The number of carbonyl (C=O) groups excluding carboxylic acids is 3. The first-order chi connectivity index (χ1) is 17.0. The molecule has 3 aromatic carbocycles. The van der Waals surface area contributed by atoms with Gasteiger partial charge in [0.1, 0.15) is 17.6 Å². The van der Waals surface area contributed by atoms with Crippen LogP contribution in [0.1, 0.15) is 15.9 Å². The number of para-hydroxylation sites is 1. The highest BCUT2D eigenvalue weighted by Crippen LogP contribution is 2.49. The van der Waals surface area contributed by atoms with E-state index in [2.05, 4.69) is 0 Å². The first kappa shape index (κ1) is 21.3. The van der Waals surface area contributed by atoms with Gasteiger partial charge >= 0.3 is 0 Å². The molecule has 0 radical (unpaired) electrons. The van der Waals surface area contributed by atoms with E-state index in [0.29, 0.717) is 11.3 Å². The van der Waals surface area contributed by atoms with Crippen molar-refractivity contribution in [1.29, 1.82) is 0 Å². The van der Waals surface area contributed by atoms with Crippen LogP contribution < -0.4 is 14.5 Å². The summed E-state index contributed by atoms with van der Waals surface area (Å²) in [5, 5.41) is 0. The van der Waals surface area contributed by atoms with Crippen LogP contribution in [0.2, 0.25) is 0 Å². The Bertz CT molecular complexity index is 1400. The lowest BCUT2D eigenvalue weighted by molar-refractivity contribution is -0.122. The molecule has 0 bridgehead atoms. The number of ketones is 1. The van der Waals surface area contributed by atoms with E-state index < -0.39 is 41.6 Å². The smallest absolute Gasteiger partial charge is 0.240 e. The van der Waals surface area contributed by atoms with E-state index in [4.69, 9.17) is 4.74 Å². The number of anilines is 2. The fourth-order valence-electron chi connectivity index (χ4n) is 5.61. The van der Waals surface area contributed by atoms with Gasteiger partial charge in [0.15, 0.2) is 5.78 Å². The maximum Gasteiger partial charge on any atom is 0.240 e. The van der Waals surface area contributed by atoms with Gasteiger partial charge in [-0.25, -0.2) is 9.29 Å². The third kappa shape index (κ3) is 3.11. The van der Waals surface area contributed by atoms with Crippen molar-refractivity contribution in [3.63, 3.8) is 0 Å². The number of nitrogens with zero attached hydrogens (tertiary/aromatic N) is 2. The van der Waals surface area contributed by atoms with Crippen LogP contribution in [-0.2, 0) is 9.59 Å². The van der Waals surface area contributed by atoms with Crippen LogP contribution >= 0.6 is 0 Å². The van der Waals surface area contributed by atoms with Crippen LogP contribution in [-0.4, -0.2) is 36.8 Å². The zero-order valence-electron chi connectivity index (χ0n) is 18.8. The summed E-state index contributed by atoms with van der Waals surface area (Å²) in [6.07, 6.45) is 3.82. The molecule has 7 heteroatoms. The lowest BCUT2D eigenvalue weighted by atomic mass is 9.86. The summed E-state index contributed by atoms with van der Waals surface area (Å²) in [6, 6.07) is 18.4. The Morgan fingerprint density at radius 1 is 0.914 bits per heavy atom. The quantitative estimate of drug-likeness (QED) is 0.426. The molecule has 0 N–H and O–H groups in total. The van der Waals surface area contributed by atoms with Gasteiger partial charge in [-0.05, 0) is 54.1 Å². The van der Waals surface area contributed by atoms with Crippen molar-refractivity contribution in [2.75, 3.05) is 16.9 Å². The van der Waals surface area contributed by atoms with Crippen molar-refractivity contribution >= 4 is 35.0 Å². The summed E-state index contributed by atoms with van der Waals surface area (Å²) in [7, 11) is 1.55. The van der Waals surface area contributed by atoms with E-state index in [1.54, 1.807) is 31.4 Å². The van der Waals surface area contributed by atoms with Gasteiger partial charge in [-0.2, -0.15) is 0 Å². The molecule has 6 nitrogen and oxygen atoms in total. The minimum Gasteiger partial charge on any atom is -0.497 e. The second kappa shape index (κ2) is 7.91. The minimum atomic E-state index is -0.902. The fourth-order valence-corrected chi connectivity index (χ4v) is 5.61. The molecular formula is C28H21FN2O4. The number of Topliss-reactive ketones (excluding diaryl/α,β-unsaturated/α-hetero) is 1. The zero-order valence-corrected chi connectivity index (χ0v) is 18.8. The molecular weight excluding hydrogens is 447 g/mol. The number of amides is 2. The van der Waals surface area contributed by atoms with Gasteiger partial charge < -0.3 is 9.64 Å². The van der Waals surface area contributed by atoms with Crippen LogP contribution in [0.15, 0.2) is 78.9 Å². The van der Waals surface area contributed by atoms with Crippen LogP contribution in [0.4, 0.5) is 15.8 Å². The molecule has 0 aromatic heterocycles. The highest BCUT2D eigenvalue weighted by atomic mass is 19.1. The zero-order chi connectivity index (χ0) is 24.3. The lowest BCUT2D eigenvalue weighted by Gasteiger charge is -2.36. The summed E-state index contributed by atoms with van der Waals surface area (Å²) in [4.78, 5) is 44.3. The number of rotatable bonds is 4. The van der Waals surface area contributed by atoms with Crippen LogP contribution in [0.3, 0.4) is 0 Å². The molecule has 0 spiro atoms. The van der Waals surface area contributed by atoms with E-state index in [-0.39, 0.29) is 11.5 Å². The molecule has 2 saturated heterocycles. The molecule has 0 unspecified atom stereocenters. The predicted molar refractivity (Wildman–Crippen MR) is 129 cm³/mol. The van der Waals surface area contributed by atoms with Crippen molar-refractivity contribution in [1.82, 2.24) is 0 Å². The van der Waals surface area contributed by atoms with Crippen molar-refractivity contribution in [3.8, 4) is 5.75 Å². The number of hydrogen-bond acceptors (Lipinski definition) is 5. The maximum atomic E-state index is 14.0. The van der Waals surface area contributed by atoms with E-state index >= 15 is 0 Å². The highest BCUT2D eigenvalue weighted by molar-refractivity contribution is 6.25. The molecule has 0 aliphatic carbocycles. The third-order valence-corrected chi connectivity index (χ3v) is 7.12. The highest BCUT2D eigenvalue weighted by Gasteiger charge is 2.64. The van der Waals surface area contributed by atoms with Gasteiger partial charge in [0.05, 0.1) is 30.7 Å². The predicted octanol–water partition coefficient (Wildman–Crippen LogP) is 4.11. The Morgan fingerprint density at radius 2 is 1.66 bits per heavy atom. The second-order valence-corrected chi connectivity index (χ2v) is 8.90. The number of carbonyl (C=O) groups is 3. The minimum absolute atomic E-state index is 0.178. The molecule has 3 aromatic rings. The van der Waals surface area contributed by atoms with Gasteiger partial charge in [0.25, 0.3) is 0 Å². The van der Waals surface area contributed by atoms with E-state index in [1.165, 1.54) is 24.3 Å². The number of imide groups is 1. The molecule has 35 heavy (non-hydrogen) atoms. The summed E-state index contributed by atoms with van der Waals surface area (Å²) in [5.74, 6) is -2.76. The summed E-state index contributed by atoms with van der Waals surface area (Å²) in [6.45, 7) is 0. The molecule has 0 saturated carbocycles. The average molecular weight is 468 g/mol. The number of benzene rings is 3. The maximum absolute atomic E-state index is 14.0. The van der Waals surface area contributed by atoms with Gasteiger partial charge in [0.2, 0.25) is 11.8 Å². The average Bonchev–Trinajstić information content (AvgIpc) is 3.36. The van der Waals surface area contributed by atoms with Gasteiger partial charge in [-0.3, -0.25) is 14.4 Å². The molecule has 3 aliphatic rings. The SMILES string of the molecule is COc1ccc(C(=O)[C@@H]2[C@@H]3C(=O)N(c4cccc(F)c4)C(=O)[C@@H]3[C@H]3C=Cc4ccccc4N32)cc1. The Labute approximate surface area is 201 Å². The number of halogens is 1. The number of methoxy groups -OCH3 is 1. The standard InChI is InChI=1S/C28H21FN2O4/c1-35-20-12-9-17(10-13-20)26(32)25-24-23(22-14-11-16-5-2-3-8-21(16)31(22)25)27(33)30(28(24)34)19-7-4-6-18(29)15-19/h2-15,22-25H,1H3/t22-,23-,24-,25+/m1/s1. The van der Waals surface area contributed by atoms with Gasteiger partial charge in [0, 0.05) is 11.3 Å². The Morgan fingerprint density at radius 3 is 2.40 bits per heavy atom. The van der Waals surface area contributed by atoms with E-state index in [1.807, 2.05) is 41.3 Å². The molecule has 4 atom stereocenters. The first-order valence-corrected chi connectivity index (χ1v) is 11.4.